The van der Waals surface area contributed by atoms with E-state index in [4.69, 9.17) is 14.2 Å². The van der Waals surface area contributed by atoms with Gasteiger partial charge in [0.25, 0.3) is 0 Å². The average molecular weight is 1120 g/mol. The molecule has 0 aliphatic carbocycles. The van der Waals surface area contributed by atoms with Gasteiger partial charge in [-0.2, -0.15) is 0 Å². The Bertz CT molecular complexity index is 1520. The largest absolute Gasteiger partial charge is 0.462 e. The van der Waals surface area contributed by atoms with Crippen LogP contribution in [0, 0.1) is 0 Å². The smallest absolute Gasteiger partial charge is 0.306 e. The van der Waals surface area contributed by atoms with Crippen LogP contribution in [0.3, 0.4) is 0 Å². The maximum absolute atomic E-state index is 12.9. The van der Waals surface area contributed by atoms with Crippen LogP contribution >= 0.6 is 0 Å². The lowest BCUT2D eigenvalue weighted by molar-refractivity contribution is -0.167. The molecule has 0 saturated heterocycles. The molecule has 0 spiro atoms. The Morgan fingerprint density at radius 2 is 0.487 bits per heavy atom. The molecular formula is C74H130O6. The average Bonchev–Trinajstić information content (AvgIpc) is 3.46. The number of hydrogen-bond acceptors (Lipinski definition) is 6. The highest BCUT2D eigenvalue weighted by atomic mass is 16.6. The molecule has 1 unspecified atom stereocenters. The number of rotatable bonds is 63. The van der Waals surface area contributed by atoms with E-state index in [9.17, 15) is 14.4 Å². The van der Waals surface area contributed by atoms with Gasteiger partial charge >= 0.3 is 17.9 Å². The SMILES string of the molecule is CC/C=C\C/C=C\C/C=C\C/C=C\C/C=C\C/C=C\C/C=C\CCCCCCCCCCCCCC(=O)OCC(COC(=O)CCCCCCCCCCCC)OC(=O)CCCCCCCCCCCCCCCCCCCCC. The number of esters is 3. The molecule has 462 valence electrons. The van der Waals surface area contributed by atoms with E-state index in [1.807, 2.05) is 0 Å². The van der Waals surface area contributed by atoms with Gasteiger partial charge in [0.05, 0.1) is 0 Å². The van der Waals surface area contributed by atoms with E-state index in [0.29, 0.717) is 19.3 Å². The van der Waals surface area contributed by atoms with E-state index >= 15 is 0 Å². The Morgan fingerprint density at radius 1 is 0.263 bits per heavy atom. The molecule has 0 aliphatic heterocycles. The number of unbranched alkanes of at least 4 members (excludes halogenated alkanes) is 38. The highest BCUT2D eigenvalue weighted by Gasteiger charge is 2.19. The van der Waals surface area contributed by atoms with E-state index < -0.39 is 6.10 Å². The standard InChI is InChI=1S/C74H130O6/c1-4-7-10-13-16-19-22-24-26-28-30-31-32-33-34-35-36-37-38-39-40-41-42-43-45-46-48-50-52-55-58-61-64-67-73(76)79-70-71(69-78-72(75)66-63-60-57-54-21-18-15-12-9-6-3)80-74(77)68-65-62-59-56-53-51-49-47-44-29-27-25-23-20-17-14-11-8-5-2/h7,10,16,19,24,26,30-31,33-34,36-37,39-40,71H,4-6,8-9,11-15,17-18,20-23,25,27-29,32,35,38,41-70H2,1-3H3/b10-7-,19-16-,26-24-,31-30-,34-33-,37-36-,40-39-. The van der Waals surface area contributed by atoms with Crippen molar-refractivity contribution in [1.29, 1.82) is 0 Å². The fourth-order valence-electron chi connectivity index (χ4n) is 10.0. The van der Waals surface area contributed by atoms with Crippen molar-refractivity contribution in [1.82, 2.24) is 0 Å². The quantitative estimate of drug-likeness (QED) is 0.0261. The summed E-state index contributed by atoms with van der Waals surface area (Å²) in [4.78, 5) is 38.3. The fraction of sp³-hybridized carbons (Fsp3) is 0.770. The van der Waals surface area contributed by atoms with Gasteiger partial charge in [-0.05, 0) is 77.0 Å². The molecule has 0 aromatic carbocycles. The second-order valence-corrected chi connectivity index (χ2v) is 23.1. The third kappa shape index (κ3) is 65.4. The second-order valence-electron chi connectivity index (χ2n) is 23.1. The van der Waals surface area contributed by atoms with E-state index in [2.05, 4.69) is 106 Å². The summed E-state index contributed by atoms with van der Waals surface area (Å²) in [6, 6.07) is 0. The third-order valence-electron chi connectivity index (χ3n) is 15.2. The second kappa shape index (κ2) is 68.1. The number of ether oxygens (including phenoxy) is 3. The predicted molar refractivity (Wildman–Crippen MR) is 348 cm³/mol. The summed E-state index contributed by atoms with van der Waals surface area (Å²) in [6.07, 6.45) is 90.4. The van der Waals surface area contributed by atoms with Crippen molar-refractivity contribution in [3.63, 3.8) is 0 Å². The highest BCUT2D eigenvalue weighted by molar-refractivity contribution is 5.71. The molecule has 0 aromatic rings. The zero-order chi connectivity index (χ0) is 57.8. The molecule has 6 nitrogen and oxygen atoms in total. The van der Waals surface area contributed by atoms with Crippen molar-refractivity contribution in [2.24, 2.45) is 0 Å². The maximum atomic E-state index is 12.9. The van der Waals surface area contributed by atoms with Gasteiger partial charge in [-0.1, -0.05) is 337 Å². The lowest BCUT2D eigenvalue weighted by Crippen LogP contribution is -2.30. The minimum atomic E-state index is -0.773. The number of carbonyl (C=O) groups excluding carboxylic acids is 3. The summed E-state index contributed by atoms with van der Waals surface area (Å²) in [6.45, 7) is 6.56. The van der Waals surface area contributed by atoms with Crippen molar-refractivity contribution in [2.45, 2.75) is 354 Å². The normalized spacial score (nSPS) is 12.6. The van der Waals surface area contributed by atoms with Gasteiger partial charge in [-0.3, -0.25) is 14.4 Å². The van der Waals surface area contributed by atoms with E-state index in [1.165, 1.54) is 205 Å². The van der Waals surface area contributed by atoms with Crippen LogP contribution in [0.15, 0.2) is 85.1 Å². The Balaban J connectivity index is 4.16. The minimum Gasteiger partial charge on any atom is -0.462 e. The Labute approximate surface area is 496 Å². The Hall–Kier alpha value is -3.41. The van der Waals surface area contributed by atoms with Crippen LogP contribution in [0.25, 0.3) is 0 Å². The molecule has 0 N–H and O–H groups in total. The lowest BCUT2D eigenvalue weighted by Gasteiger charge is -2.18. The molecule has 6 heteroatoms. The van der Waals surface area contributed by atoms with Crippen molar-refractivity contribution >= 4 is 17.9 Å². The minimum absolute atomic E-state index is 0.0710. The maximum Gasteiger partial charge on any atom is 0.306 e. The van der Waals surface area contributed by atoms with Crippen LogP contribution in [0.4, 0.5) is 0 Å². The van der Waals surface area contributed by atoms with Gasteiger partial charge in [0.2, 0.25) is 0 Å². The number of allylic oxidation sites excluding steroid dienone is 14. The first-order valence-corrected chi connectivity index (χ1v) is 34.6. The molecule has 0 aliphatic rings. The molecule has 0 radical (unpaired) electrons. The van der Waals surface area contributed by atoms with Gasteiger partial charge in [0.1, 0.15) is 13.2 Å². The van der Waals surface area contributed by atoms with Crippen molar-refractivity contribution < 1.29 is 28.6 Å². The molecule has 0 heterocycles. The van der Waals surface area contributed by atoms with Crippen LogP contribution in [-0.4, -0.2) is 37.2 Å². The molecule has 0 amide bonds. The van der Waals surface area contributed by atoms with Crippen LogP contribution in [0.5, 0.6) is 0 Å². The first-order valence-electron chi connectivity index (χ1n) is 34.6. The van der Waals surface area contributed by atoms with Crippen LogP contribution < -0.4 is 0 Å². The van der Waals surface area contributed by atoms with Gasteiger partial charge in [-0.15, -0.1) is 0 Å². The van der Waals surface area contributed by atoms with Crippen LogP contribution in [0.1, 0.15) is 348 Å². The summed E-state index contributed by atoms with van der Waals surface area (Å²) in [7, 11) is 0. The number of hydrogen-bond donors (Lipinski definition) is 0. The summed E-state index contributed by atoms with van der Waals surface area (Å²) in [5.74, 6) is -0.856. The topological polar surface area (TPSA) is 78.9 Å². The van der Waals surface area contributed by atoms with Crippen molar-refractivity contribution in [3.8, 4) is 0 Å². The zero-order valence-corrected chi connectivity index (χ0v) is 53.1. The molecule has 0 fully saturated rings. The molecule has 0 aromatic heterocycles. The molecule has 0 rings (SSSR count). The van der Waals surface area contributed by atoms with Gasteiger partial charge in [0, 0.05) is 19.3 Å². The molecule has 1 atom stereocenters. The van der Waals surface area contributed by atoms with Crippen LogP contribution in [-0.2, 0) is 28.6 Å². The lowest BCUT2D eigenvalue weighted by atomic mass is 10.0. The zero-order valence-electron chi connectivity index (χ0n) is 53.1. The van der Waals surface area contributed by atoms with Crippen LogP contribution in [0.2, 0.25) is 0 Å². The monoisotopic (exact) mass is 1110 g/mol. The molecular weight excluding hydrogens is 985 g/mol. The summed E-state index contributed by atoms with van der Waals surface area (Å²) < 4.78 is 16.9. The van der Waals surface area contributed by atoms with E-state index in [-0.39, 0.29) is 31.1 Å². The highest BCUT2D eigenvalue weighted by Crippen LogP contribution is 2.18. The molecule has 0 bridgehead atoms. The summed E-state index contributed by atoms with van der Waals surface area (Å²) in [5, 5.41) is 0. The van der Waals surface area contributed by atoms with E-state index in [0.717, 1.165) is 103 Å². The Morgan fingerprint density at radius 3 is 0.762 bits per heavy atom. The van der Waals surface area contributed by atoms with Gasteiger partial charge < -0.3 is 14.2 Å². The summed E-state index contributed by atoms with van der Waals surface area (Å²) >= 11 is 0. The molecule has 80 heavy (non-hydrogen) atoms. The first kappa shape index (κ1) is 76.6. The predicted octanol–water partition coefficient (Wildman–Crippen LogP) is 23.8. The Kier molecular flexibility index (Phi) is 65.2. The van der Waals surface area contributed by atoms with E-state index in [1.54, 1.807) is 0 Å². The summed E-state index contributed by atoms with van der Waals surface area (Å²) in [5.41, 5.74) is 0. The van der Waals surface area contributed by atoms with Gasteiger partial charge in [-0.25, -0.2) is 0 Å². The van der Waals surface area contributed by atoms with Gasteiger partial charge in [0.15, 0.2) is 6.10 Å². The third-order valence-corrected chi connectivity index (χ3v) is 15.2. The molecule has 0 saturated carbocycles. The number of carbonyl (C=O) groups is 3. The van der Waals surface area contributed by atoms with Crippen molar-refractivity contribution in [2.75, 3.05) is 13.2 Å². The van der Waals surface area contributed by atoms with Crippen molar-refractivity contribution in [3.05, 3.63) is 85.1 Å². The first-order chi connectivity index (χ1) is 39.5. The fourth-order valence-corrected chi connectivity index (χ4v) is 10.0.